The van der Waals surface area contributed by atoms with Crippen LogP contribution >= 0.6 is 0 Å². The van der Waals surface area contributed by atoms with E-state index in [4.69, 9.17) is 10.5 Å². The zero-order valence-electron chi connectivity index (χ0n) is 10.2. The van der Waals surface area contributed by atoms with Crippen LogP contribution < -0.4 is 10.5 Å². The van der Waals surface area contributed by atoms with Crippen molar-refractivity contribution in [3.63, 3.8) is 0 Å². The molecule has 18 heavy (non-hydrogen) atoms. The molecule has 2 N–H and O–H groups in total. The number of carbonyl (C=O) groups is 1. The van der Waals surface area contributed by atoms with E-state index in [1.54, 1.807) is 7.11 Å². The molecule has 2 aromatic rings. The Hall–Kier alpha value is -2.29. The van der Waals surface area contributed by atoms with Crippen molar-refractivity contribution in [1.82, 2.24) is 0 Å². The Balaban J connectivity index is 2.25. The van der Waals surface area contributed by atoms with Gasteiger partial charge in [-0.05, 0) is 28.8 Å². The maximum atomic E-state index is 10.8. The third-order valence-electron chi connectivity index (χ3n) is 2.74. The zero-order chi connectivity index (χ0) is 13.0. The number of primary amides is 1. The van der Waals surface area contributed by atoms with Crippen LogP contribution in [0.5, 0.6) is 5.75 Å². The van der Waals surface area contributed by atoms with Gasteiger partial charge in [-0.25, -0.2) is 0 Å². The number of amides is 1. The van der Waals surface area contributed by atoms with Gasteiger partial charge < -0.3 is 10.5 Å². The number of rotatable bonds is 4. The lowest BCUT2D eigenvalue weighted by Gasteiger charge is -2.05. The average molecular weight is 241 g/mol. The maximum absolute atomic E-state index is 10.8. The number of hydrogen-bond donors (Lipinski definition) is 1. The fourth-order valence-electron chi connectivity index (χ4n) is 1.82. The van der Waals surface area contributed by atoms with Gasteiger partial charge in [0.25, 0.3) is 0 Å². The van der Waals surface area contributed by atoms with Crippen LogP contribution in [0.3, 0.4) is 0 Å². The van der Waals surface area contributed by atoms with Crippen LogP contribution in [0.15, 0.2) is 48.5 Å². The van der Waals surface area contributed by atoms with Crippen molar-refractivity contribution in [1.29, 1.82) is 0 Å². The Kier molecular flexibility index (Phi) is 3.63. The number of methoxy groups -OCH3 is 1. The first-order valence-electron chi connectivity index (χ1n) is 5.71. The second-order valence-electron chi connectivity index (χ2n) is 4.07. The Morgan fingerprint density at radius 3 is 2.44 bits per heavy atom. The highest BCUT2D eigenvalue weighted by molar-refractivity contribution is 5.77. The molecule has 0 aromatic heterocycles. The lowest BCUT2D eigenvalue weighted by Crippen LogP contribution is -2.13. The van der Waals surface area contributed by atoms with Crippen molar-refractivity contribution < 1.29 is 9.53 Å². The first-order valence-corrected chi connectivity index (χ1v) is 5.71. The highest BCUT2D eigenvalue weighted by Crippen LogP contribution is 2.24. The molecule has 0 spiro atoms. The summed E-state index contributed by atoms with van der Waals surface area (Å²) in [6.07, 6.45) is 0.276. The van der Waals surface area contributed by atoms with Crippen molar-refractivity contribution in [3.8, 4) is 16.9 Å². The fourth-order valence-corrected chi connectivity index (χ4v) is 1.82. The van der Waals surface area contributed by atoms with Crippen LogP contribution in [-0.4, -0.2) is 13.0 Å². The number of carbonyl (C=O) groups excluding carboxylic acids is 1. The highest BCUT2D eigenvalue weighted by Gasteiger charge is 2.01. The van der Waals surface area contributed by atoms with E-state index in [2.05, 4.69) is 0 Å². The van der Waals surface area contributed by atoms with Crippen LogP contribution in [0.4, 0.5) is 0 Å². The SMILES string of the molecule is COc1cccc(-c2ccc(CC(N)=O)cc2)c1. The minimum atomic E-state index is -0.316. The Bertz CT molecular complexity index is 547. The van der Waals surface area contributed by atoms with E-state index in [0.29, 0.717) is 0 Å². The van der Waals surface area contributed by atoms with Crippen LogP contribution in [0.2, 0.25) is 0 Å². The predicted molar refractivity (Wildman–Crippen MR) is 71.3 cm³/mol. The highest BCUT2D eigenvalue weighted by atomic mass is 16.5. The van der Waals surface area contributed by atoms with Gasteiger partial charge in [0.05, 0.1) is 13.5 Å². The summed E-state index contributed by atoms with van der Waals surface area (Å²) < 4.78 is 5.19. The van der Waals surface area contributed by atoms with Gasteiger partial charge in [-0.1, -0.05) is 36.4 Å². The second kappa shape index (κ2) is 5.36. The van der Waals surface area contributed by atoms with E-state index in [-0.39, 0.29) is 12.3 Å². The van der Waals surface area contributed by atoms with Gasteiger partial charge in [-0.2, -0.15) is 0 Å². The molecule has 0 saturated heterocycles. The van der Waals surface area contributed by atoms with Gasteiger partial charge >= 0.3 is 0 Å². The monoisotopic (exact) mass is 241 g/mol. The maximum Gasteiger partial charge on any atom is 0.221 e. The van der Waals surface area contributed by atoms with Crippen molar-refractivity contribution in [2.24, 2.45) is 5.73 Å². The molecule has 0 unspecified atom stereocenters. The molecule has 0 radical (unpaired) electrons. The second-order valence-corrected chi connectivity index (χ2v) is 4.07. The smallest absolute Gasteiger partial charge is 0.221 e. The normalized spacial score (nSPS) is 10.1. The zero-order valence-corrected chi connectivity index (χ0v) is 10.2. The Labute approximate surface area is 106 Å². The van der Waals surface area contributed by atoms with Crippen molar-refractivity contribution in [2.75, 3.05) is 7.11 Å². The summed E-state index contributed by atoms with van der Waals surface area (Å²) in [5.74, 6) is 0.512. The predicted octanol–water partition coefficient (Wildman–Crippen LogP) is 2.39. The quantitative estimate of drug-likeness (QED) is 0.893. The Morgan fingerprint density at radius 2 is 1.83 bits per heavy atom. The molecule has 92 valence electrons. The number of benzene rings is 2. The summed E-state index contributed by atoms with van der Waals surface area (Å²) in [7, 11) is 1.65. The summed E-state index contributed by atoms with van der Waals surface area (Å²) in [5, 5.41) is 0. The van der Waals surface area contributed by atoms with E-state index in [1.807, 2.05) is 48.5 Å². The van der Waals surface area contributed by atoms with E-state index >= 15 is 0 Å². The summed E-state index contributed by atoms with van der Waals surface area (Å²) in [4.78, 5) is 10.8. The lowest BCUT2D eigenvalue weighted by atomic mass is 10.0. The van der Waals surface area contributed by atoms with E-state index in [0.717, 1.165) is 22.4 Å². The molecule has 2 aromatic carbocycles. The summed E-state index contributed by atoms with van der Waals surface area (Å²) in [6, 6.07) is 15.6. The molecule has 0 aliphatic heterocycles. The lowest BCUT2D eigenvalue weighted by molar-refractivity contribution is -0.117. The average Bonchev–Trinajstić information content (AvgIpc) is 2.39. The standard InChI is InChI=1S/C15H15NO2/c1-18-14-4-2-3-13(10-14)12-7-5-11(6-8-12)9-15(16)17/h2-8,10H,9H2,1H3,(H2,16,17). The van der Waals surface area contributed by atoms with Gasteiger partial charge in [-0.3, -0.25) is 4.79 Å². The molecular formula is C15H15NO2. The molecule has 0 aliphatic rings. The van der Waals surface area contributed by atoms with Gasteiger partial charge in [0.1, 0.15) is 5.75 Å². The van der Waals surface area contributed by atoms with Crippen LogP contribution in [0, 0.1) is 0 Å². The molecule has 0 heterocycles. The topological polar surface area (TPSA) is 52.3 Å². The summed E-state index contributed by atoms with van der Waals surface area (Å²) in [6.45, 7) is 0. The first kappa shape index (κ1) is 12.2. The van der Waals surface area contributed by atoms with E-state index in [1.165, 1.54) is 0 Å². The fraction of sp³-hybridized carbons (Fsp3) is 0.133. The molecule has 1 amide bonds. The Morgan fingerprint density at radius 1 is 1.11 bits per heavy atom. The first-order chi connectivity index (χ1) is 8.69. The molecule has 0 aliphatic carbocycles. The third kappa shape index (κ3) is 2.88. The minimum absolute atomic E-state index is 0.276. The largest absolute Gasteiger partial charge is 0.497 e. The van der Waals surface area contributed by atoms with Gasteiger partial charge in [-0.15, -0.1) is 0 Å². The molecule has 0 fully saturated rings. The number of nitrogens with two attached hydrogens (primary N) is 1. The molecule has 0 bridgehead atoms. The molecule has 3 nitrogen and oxygen atoms in total. The van der Waals surface area contributed by atoms with Crippen LogP contribution in [0.1, 0.15) is 5.56 Å². The van der Waals surface area contributed by atoms with Gasteiger partial charge in [0, 0.05) is 0 Å². The van der Waals surface area contributed by atoms with Gasteiger partial charge in [0.2, 0.25) is 5.91 Å². The molecule has 2 rings (SSSR count). The molecule has 0 saturated carbocycles. The van der Waals surface area contributed by atoms with Crippen molar-refractivity contribution in [3.05, 3.63) is 54.1 Å². The van der Waals surface area contributed by atoms with Crippen molar-refractivity contribution >= 4 is 5.91 Å². The number of ether oxygens (including phenoxy) is 1. The third-order valence-corrected chi connectivity index (χ3v) is 2.74. The van der Waals surface area contributed by atoms with Gasteiger partial charge in [0.15, 0.2) is 0 Å². The van der Waals surface area contributed by atoms with E-state index in [9.17, 15) is 4.79 Å². The van der Waals surface area contributed by atoms with Crippen LogP contribution in [-0.2, 0) is 11.2 Å². The molecule has 0 atom stereocenters. The van der Waals surface area contributed by atoms with E-state index < -0.39 is 0 Å². The number of hydrogen-bond acceptors (Lipinski definition) is 2. The molecular weight excluding hydrogens is 226 g/mol. The summed E-state index contributed by atoms with van der Waals surface area (Å²) in [5.41, 5.74) is 8.25. The minimum Gasteiger partial charge on any atom is -0.497 e. The summed E-state index contributed by atoms with van der Waals surface area (Å²) >= 11 is 0. The van der Waals surface area contributed by atoms with Crippen molar-refractivity contribution in [2.45, 2.75) is 6.42 Å². The van der Waals surface area contributed by atoms with Crippen LogP contribution in [0.25, 0.3) is 11.1 Å². The molecule has 3 heteroatoms.